The number of aliphatic imine (C=N–C) groups is 1. The monoisotopic (exact) mass is 415 g/mol. The first-order valence-corrected chi connectivity index (χ1v) is 11.6. The molecule has 0 saturated carbocycles. The third-order valence-electron chi connectivity index (χ3n) is 6.33. The molecule has 0 bridgehead atoms. The summed E-state index contributed by atoms with van der Waals surface area (Å²) in [7, 11) is 0. The minimum Gasteiger partial charge on any atom is -0.379 e. The first-order valence-electron chi connectivity index (χ1n) is 11.6. The average Bonchev–Trinajstić information content (AvgIpc) is 3.25. The van der Waals surface area contributed by atoms with E-state index in [0.29, 0.717) is 12.6 Å². The fourth-order valence-electron chi connectivity index (χ4n) is 4.59. The van der Waals surface area contributed by atoms with E-state index in [1.165, 1.54) is 30.5 Å². The molecule has 3 heterocycles. The topological polar surface area (TPSA) is 61.4 Å². The molecule has 2 unspecified atom stereocenters. The Bertz CT molecular complexity index is 692. The van der Waals surface area contributed by atoms with Crippen molar-refractivity contribution in [3.63, 3.8) is 0 Å². The maximum Gasteiger partial charge on any atom is 0.191 e. The van der Waals surface area contributed by atoms with Crippen LogP contribution in [0.5, 0.6) is 0 Å². The summed E-state index contributed by atoms with van der Waals surface area (Å²) in [6, 6.07) is 9.30. The molecule has 1 aromatic carbocycles. The normalized spacial score (nSPS) is 25.8. The maximum atomic E-state index is 6.08. The highest BCUT2D eigenvalue weighted by atomic mass is 16.5. The van der Waals surface area contributed by atoms with E-state index < -0.39 is 0 Å². The minimum absolute atomic E-state index is 0.233. The molecular formula is C23H37N5O2. The van der Waals surface area contributed by atoms with Crippen LogP contribution < -0.4 is 10.6 Å². The van der Waals surface area contributed by atoms with Gasteiger partial charge in [-0.15, -0.1) is 0 Å². The van der Waals surface area contributed by atoms with Crippen LogP contribution in [0, 0.1) is 0 Å². The third-order valence-corrected chi connectivity index (χ3v) is 6.33. The summed E-state index contributed by atoms with van der Waals surface area (Å²) in [5.74, 6) is 0.867. The molecule has 1 aromatic rings. The fourth-order valence-corrected chi connectivity index (χ4v) is 4.59. The predicted octanol–water partition coefficient (Wildman–Crippen LogP) is 1.44. The van der Waals surface area contributed by atoms with Crippen LogP contribution in [0.15, 0.2) is 29.3 Å². The van der Waals surface area contributed by atoms with E-state index in [0.717, 1.165) is 65.0 Å². The van der Waals surface area contributed by atoms with Crippen LogP contribution in [0.4, 0.5) is 0 Å². The summed E-state index contributed by atoms with van der Waals surface area (Å²) < 4.78 is 11.6. The zero-order valence-electron chi connectivity index (χ0n) is 18.3. The molecule has 7 heteroatoms. The second-order valence-corrected chi connectivity index (χ2v) is 8.48. The Labute approximate surface area is 180 Å². The lowest BCUT2D eigenvalue weighted by atomic mass is 10.1. The molecule has 30 heavy (non-hydrogen) atoms. The number of guanidine groups is 1. The standard InChI is InChI=1S/C23H37N5O2/c1-2-24-23(26-15-22-17-28-9-5-8-21(28)18-30-22)25-14-19-6-3-4-7-20(19)16-27-10-12-29-13-11-27/h3-4,6-7,21-22H,2,5,8-18H2,1H3,(H2,24,25,26). The van der Waals surface area contributed by atoms with Gasteiger partial charge in [-0.3, -0.25) is 9.80 Å². The Kier molecular flexibility index (Phi) is 7.97. The van der Waals surface area contributed by atoms with Crippen LogP contribution in [-0.4, -0.2) is 87.0 Å². The molecule has 2 atom stereocenters. The number of ether oxygens (including phenoxy) is 2. The van der Waals surface area contributed by atoms with Gasteiger partial charge in [-0.2, -0.15) is 0 Å². The van der Waals surface area contributed by atoms with E-state index in [4.69, 9.17) is 14.5 Å². The SMILES string of the molecule is CCNC(=NCc1ccccc1CN1CCOCC1)NCC1CN2CCCC2CO1. The van der Waals surface area contributed by atoms with E-state index >= 15 is 0 Å². The summed E-state index contributed by atoms with van der Waals surface area (Å²) in [6.45, 7) is 12.2. The molecule has 3 fully saturated rings. The van der Waals surface area contributed by atoms with E-state index in [1.807, 2.05) is 0 Å². The van der Waals surface area contributed by atoms with Gasteiger partial charge in [0.05, 0.1) is 32.5 Å². The van der Waals surface area contributed by atoms with Crippen LogP contribution in [0.1, 0.15) is 30.9 Å². The van der Waals surface area contributed by atoms with E-state index in [-0.39, 0.29) is 6.10 Å². The Morgan fingerprint density at radius 3 is 2.80 bits per heavy atom. The van der Waals surface area contributed by atoms with Gasteiger partial charge < -0.3 is 20.1 Å². The van der Waals surface area contributed by atoms with Crippen LogP contribution in [0.2, 0.25) is 0 Å². The molecule has 0 aliphatic carbocycles. The zero-order valence-corrected chi connectivity index (χ0v) is 18.3. The van der Waals surface area contributed by atoms with Crippen molar-refractivity contribution >= 4 is 5.96 Å². The molecular weight excluding hydrogens is 378 g/mol. The molecule has 7 nitrogen and oxygen atoms in total. The van der Waals surface area contributed by atoms with Crippen molar-refractivity contribution in [2.24, 2.45) is 4.99 Å². The number of nitrogens with one attached hydrogen (secondary N) is 2. The Morgan fingerprint density at radius 1 is 1.13 bits per heavy atom. The van der Waals surface area contributed by atoms with Crippen molar-refractivity contribution in [3.05, 3.63) is 35.4 Å². The number of morpholine rings is 2. The highest BCUT2D eigenvalue weighted by molar-refractivity contribution is 5.79. The third kappa shape index (κ3) is 5.94. The first kappa shape index (κ1) is 21.6. The summed E-state index contributed by atoms with van der Waals surface area (Å²) in [4.78, 5) is 9.92. The lowest BCUT2D eigenvalue weighted by molar-refractivity contribution is -0.0453. The second kappa shape index (κ2) is 11.1. The summed E-state index contributed by atoms with van der Waals surface area (Å²) in [6.07, 6.45) is 2.83. The number of hydrogen-bond donors (Lipinski definition) is 2. The lowest BCUT2D eigenvalue weighted by Gasteiger charge is -2.35. The lowest BCUT2D eigenvalue weighted by Crippen LogP contribution is -2.51. The smallest absolute Gasteiger partial charge is 0.191 e. The van der Waals surface area contributed by atoms with Gasteiger partial charge in [0.25, 0.3) is 0 Å². The van der Waals surface area contributed by atoms with Gasteiger partial charge >= 0.3 is 0 Å². The van der Waals surface area contributed by atoms with Gasteiger partial charge in [-0.25, -0.2) is 4.99 Å². The quantitative estimate of drug-likeness (QED) is 0.519. The maximum absolute atomic E-state index is 6.08. The average molecular weight is 416 g/mol. The number of rotatable bonds is 7. The first-order chi connectivity index (χ1) is 14.8. The molecule has 3 aliphatic rings. The largest absolute Gasteiger partial charge is 0.379 e. The van der Waals surface area contributed by atoms with Gasteiger partial charge in [0.1, 0.15) is 0 Å². The molecule has 3 saturated heterocycles. The molecule has 166 valence electrons. The van der Waals surface area contributed by atoms with Crippen molar-refractivity contribution < 1.29 is 9.47 Å². The highest BCUT2D eigenvalue weighted by Gasteiger charge is 2.32. The van der Waals surface area contributed by atoms with Gasteiger partial charge in [-0.1, -0.05) is 24.3 Å². The molecule has 0 spiro atoms. The van der Waals surface area contributed by atoms with Gasteiger partial charge in [0, 0.05) is 45.3 Å². The van der Waals surface area contributed by atoms with Gasteiger partial charge in [0.15, 0.2) is 5.96 Å². The number of fused-ring (bicyclic) bond motifs is 1. The second-order valence-electron chi connectivity index (χ2n) is 8.48. The van der Waals surface area contributed by atoms with Crippen molar-refractivity contribution in [2.45, 2.75) is 45.0 Å². The molecule has 0 amide bonds. The number of benzene rings is 1. The minimum atomic E-state index is 0.233. The fraction of sp³-hybridized carbons (Fsp3) is 0.696. The Balaban J connectivity index is 1.32. The van der Waals surface area contributed by atoms with E-state index in [1.54, 1.807) is 0 Å². The van der Waals surface area contributed by atoms with Crippen molar-refractivity contribution in [3.8, 4) is 0 Å². The van der Waals surface area contributed by atoms with Crippen LogP contribution in [-0.2, 0) is 22.6 Å². The van der Waals surface area contributed by atoms with Crippen molar-refractivity contribution in [2.75, 3.05) is 59.1 Å². The van der Waals surface area contributed by atoms with Gasteiger partial charge in [0.2, 0.25) is 0 Å². The Hall–Kier alpha value is -1.67. The summed E-state index contributed by atoms with van der Waals surface area (Å²) in [5.41, 5.74) is 2.64. The van der Waals surface area contributed by atoms with Crippen LogP contribution in [0.25, 0.3) is 0 Å². The summed E-state index contributed by atoms with van der Waals surface area (Å²) in [5, 5.41) is 6.88. The highest BCUT2D eigenvalue weighted by Crippen LogP contribution is 2.22. The molecule has 0 aromatic heterocycles. The molecule has 3 aliphatic heterocycles. The summed E-state index contributed by atoms with van der Waals surface area (Å²) >= 11 is 0. The Morgan fingerprint density at radius 2 is 1.97 bits per heavy atom. The molecule has 2 N–H and O–H groups in total. The van der Waals surface area contributed by atoms with Gasteiger partial charge in [-0.05, 0) is 37.4 Å². The van der Waals surface area contributed by atoms with Crippen molar-refractivity contribution in [1.82, 2.24) is 20.4 Å². The molecule has 4 rings (SSSR count). The number of nitrogens with zero attached hydrogens (tertiary/aromatic N) is 3. The van der Waals surface area contributed by atoms with E-state index in [2.05, 4.69) is 51.6 Å². The number of hydrogen-bond acceptors (Lipinski definition) is 5. The van der Waals surface area contributed by atoms with Crippen LogP contribution in [0.3, 0.4) is 0 Å². The van der Waals surface area contributed by atoms with Crippen molar-refractivity contribution in [1.29, 1.82) is 0 Å². The predicted molar refractivity (Wildman–Crippen MR) is 120 cm³/mol. The zero-order chi connectivity index (χ0) is 20.6. The molecule has 0 radical (unpaired) electrons. The van der Waals surface area contributed by atoms with E-state index in [9.17, 15) is 0 Å². The van der Waals surface area contributed by atoms with Crippen LogP contribution >= 0.6 is 0 Å².